The van der Waals surface area contributed by atoms with Crippen LogP contribution in [-0.2, 0) is 11.3 Å². The average Bonchev–Trinajstić information content (AvgIpc) is 2.70. The summed E-state index contributed by atoms with van der Waals surface area (Å²) in [6.07, 6.45) is 18.0. The third kappa shape index (κ3) is 13.3. The Bertz CT molecular complexity index is 470. The molecule has 27 heavy (non-hydrogen) atoms. The molecule has 1 aromatic rings. The van der Waals surface area contributed by atoms with Gasteiger partial charge in [0.15, 0.2) is 0 Å². The van der Waals surface area contributed by atoms with Crippen molar-refractivity contribution in [2.45, 2.75) is 103 Å². The van der Waals surface area contributed by atoms with Gasteiger partial charge in [-0.05, 0) is 24.1 Å². The lowest BCUT2D eigenvalue weighted by atomic mass is 10.0. The molecule has 1 aromatic carbocycles. The number of amides is 1. The van der Waals surface area contributed by atoms with Crippen molar-refractivity contribution >= 4 is 5.91 Å². The minimum absolute atomic E-state index is 0.161. The molecule has 0 aliphatic rings. The van der Waals surface area contributed by atoms with Crippen LogP contribution in [0, 0.1) is 0 Å². The van der Waals surface area contributed by atoms with Crippen LogP contribution in [0.5, 0.6) is 5.75 Å². The van der Waals surface area contributed by atoms with Crippen LogP contribution in [0.25, 0.3) is 0 Å². The highest BCUT2D eigenvalue weighted by Gasteiger charge is 2.02. The summed E-state index contributed by atoms with van der Waals surface area (Å²) in [6.45, 7) is 2.87. The largest absolute Gasteiger partial charge is 0.497 e. The van der Waals surface area contributed by atoms with Gasteiger partial charge in [0.25, 0.3) is 0 Å². The maximum Gasteiger partial charge on any atom is 0.220 e. The Balaban J connectivity index is 1.86. The van der Waals surface area contributed by atoms with Crippen molar-refractivity contribution in [3.8, 4) is 5.75 Å². The lowest BCUT2D eigenvalue weighted by molar-refractivity contribution is -0.121. The molecule has 154 valence electrons. The zero-order valence-electron chi connectivity index (χ0n) is 17.7. The predicted molar refractivity (Wildman–Crippen MR) is 115 cm³/mol. The number of nitrogens with one attached hydrogen (secondary N) is 1. The molecule has 0 unspecified atom stereocenters. The van der Waals surface area contributed by atoms with Crippen LogP contribution < -0.4 is 10.1 Å². The summed E-state index contributed by atoms with van der Waals surface area (Å²) in [5.74, 6) is 1.01. The van der Waals surface area contributed by atoms with Crippen molar-refractivity contribution < 1.29 is 9.53 Å². The Morgan fingerprint density at radius 2 is 1.26 bits per heavy atom. The van der Waals surface area contributed by atoms with E-state index in [4.69, 9.17) is 4.74 Å². The first-order valence-corrected chi connectivity index (χ1v) is 11.2. The zero-order chi connectivity index (χ0) is 19.6. The predicted octanol–water partition coefficient (Wildman–Crippen LogP) is 6.79. The van der Waals surface area contributed by atoms with E-state index in [0.29, 0.717) is 13.0 Å². The molecule has 0 saturated carbocycles. The summed E-state index contributed by atoms with van der Waals surface area (Å²) >= 11 is 0. The fourth-order valence-electron chi connectivity index (χ4n) is 3.34. The second-order valence-corrected chi connectivity index (χ2v) is 7.62. The first-order valence-electron chi connectivity index (χ1n) is 11.2. The summed E-state index contributed by atoms with van der Waals surface area (Å²) in [5, 5.41) is 3.00. The number of unbranched alkanes of at least 4 members (excludes halogenated alkanes) is 12. The molecule has 0 aliphatic heterocycles. The van der Waals surface area contributed by atoms with E-state index in [1.807, 2.05) is 24.3 Å². The Morgan fingerprint density at radius 1 is 0.778 bits per heavy atom. The fourth-order valence-corrected chi connectivity index (χ4v) is 3.34. The van der Waals surface area contributed by atoms with E-state index in [9.17, 15) is 4.79 Å². The van der Waals surface area contributed by atoms with E-state index in [1.165, 1.54) is 77.0 Å². The number of rotatable bonds is 17. The van der Waals surface area contributed by atoms with E-state index >= 15 is 0 Å². The van der Waals surface area contributed by atoms with Crippen LogP contribution in [0.2, 0.25) is 0 Å². The summed E-state index contributed by atoms with van der Waals surface area (Å²) in [7, 11) is 1.66. The normalized spacial score (nSPS) is 10.7. The van der Waals surface area contributed by atoms with Gasteiger partial charge < -0.3 is 10.1 Å². The number of hydrogen-bond acceptors (Lipinski definition) is 2. The Hall–Kier alpha value is -1.51. The number of methoxy groups -OCH3 is 1. The number of hydrogen-bond donors (Lipinski definition) is 1. The molecule has 0 aliphatic carbocycles. The third-order valence-corrected chi connectivity index (χ3v) is 5.16. The van der Waals surface area contributed by atoms with Crippen LogP contribution in [0.15, 0.2) is 24.3 Å². The molecule has 0 spiro atoms. The smallest absolute Gasteiger partial charge is 0.220 e. The van der Waals surface area contributed by atoms with Gasteiger partial charge in [-0.3, -0.25) is 4.79 Å². The highest BCUT2D eigenvalue weighted by Crippen LogP contribution is 2.13. The van der Waals surface area contributed by atoms with E-state index in [1.54, 1.807) is 7.11 Å². The SMILES string of the molecule is CCCCCCCCCCCCCCCC(=O)NCc1ccc(OC)cc1. The van der Waals surface area contributed by atoms with Crippen LogP contribution in [-0.4, -0.2) is 13.0 Å². The first-order chi connectivity index (χ1) is 13.3. The van der Waals surface area contributed by atoms with Crippen molar-refractivity contribution in [3.05, 3.63) is 29.8 Å². The molecule has 1 amide bonds. The van der Waals surface area contributed by atoms with Gasteiger partial charge in [0.1, 0.15) is 5.75 Å². The molecule has 0 saturated heterocycles. The molecule has 0 radical (unpaired) electrons. The molecule has 0 fully saturated rings. The van der Waals surface area contributed by atoms with Gasteiger partial charge >= 0.3 is 0 Å². The molecule has 0 aromatic heterocycles. The minimum Gasteiger partial charge on any atom is -0.497 e. The fraction of sp³-hybridized carbons (Fsp3) is 0.708. The second-order valence-electron chi connectivity index (χ2n) is 7.62. The maximum absolute atomic E-state index is 11.9. The van der Waals surface area contributed by atoms with Gasteiger partial charge in [0, 0.05) is 13.0 Å². The van der Waals surface area contributed by atoms with E-state index < -0.39 is 0 Å². The summed E-state index contributed by atoms with van der Waals surface area (Å²) in [6, 6.07) is 7.83. The molecule has 0 bridgehead atoms. The zero-order valence-corrected chi connectivity index (χ0v) is 17.7. The van der Waals surface area contributed by atoms with Gasteiger partial charge in [0.05, 0.1) is 7.11 Å². The topological polar surface area (TPSA) is 38.3 Å². The molecule has 1 rings (SSSR count). The van der Waals surface area contributed by atoms with Crippen molar-refractivity contribution in [2.24, 2.45) is 0 Å². The molecule has 0 atom stereocenters. The van der Waals surface area contributed by atoms with E-state index in [0.717, 1.165) is 17.7 Å². The Labute approximate surface area is 167 Å². The number of benzene rings is 1. The summed E-state index contributed by atoms with van der Waals surface area (Å²) < 4.78 is 5.14. The van der Waals surface area contributed by atoms with Crippen molar-refractivity contribution in [2.75, 3.05) is 7.11 Å². The number of carbonyl (C=O) groups excluding carboxylic acids is 1. The van der Waals surface area contributed by atoms with Gasteiger partial charge in [0.2, 0.25) is 5.91 Å². The average molecular weight is 376 g/mol. The monoisotopic (exact) mass is 375 g/mol. The molecule has 3 heteroatoms. The van der Waals surface area contributed by atoms with Crippen LogP contribution in [0.3, 0.4) is 0 Å². The van der Waals surface area contributed by atoms with Gasteiger partial charge in [-0.1, -0.05) is 96.1 Å². The van der Waals surface area contributed by atoms with Crippen LogP contribution in [0.1, 0.15) is 102 Å². The molecule has 1 N–H and O–H groups in total. The van der Waals surface area contributed by atoms with Gasteiger partial charge in [-0.25, -0.2) is 0 Å². The standard InChI is InChI=1S/C24H41NO2/c1-3-4-5-6-7-8-9-10-11-12-13-14-15-16-24(26)25-21-22-17-19-23(27-2)20-18-22/h17-20H,3-16,21H2,1-2H3,(H,25,26). The molecule has 3 nitrogen and oxygen atoms in total. The summed E-state index contributed by atoms with van der Waals surface area (Å²) in [4.78, 5) is 11.9. The first kappa shape index (κ1) is 23.5. The Kier molecular flexibility index (Phi) is 14.5. The van der Waals surface area contributed by atoms with E-state index in [-0.39, 0.29) is 5.91 Å². The highest BCUT2D eigenvalue weighted by atomic mass is 16.5. The molecule has 0 heterocycles. The third-order valence-electron chi connectivity index (χ3n) is 5.16. The summed E-state index contributed by atoms with van der Waals surface area (Å²) in [5.41, 5.74) is 1.11. The lowest BCUT2D eigenvalue weighted by Crippen LogP contribution is -2.22. The second kappa shape index (κ2) is 16.6. The van der Waals surface area contributed by atoms with Crippen molar-refractivity contribution in [1.29, 1.82) is 0 Å². The van der Waals surface area contributed by atoms with E-state index in [2.05, 4.69) is 12.2 Å². The van der Waals surface area contributed by atoms with Crippen LogP contribution >= 0.6 is 0 Å². The maximum atomic E-state index is 11.9. The number of carbonyl (C=O) groups is 1. The van der Waals surface area contributed by atoms with Crippen LogP contribution in [0.4, 0.5) is 0 Å². The highest BCUT2D eigenvalue weighted by molar-refractivity contribution is 5.75. The van der Waals surface area contributed by atoms with Gasteiger partial charge in [-0.2, -0.15) is 0 Å². The number of ether oxygens (including phenoxy) is 1. The Morgan fingerprint density at radius 3 is 1.74 bits per heavy atom. The van der Waals surface area contributed by atoms with Crippen molar-refractivity contribution in [3.63, 3.8) is 0 Å². The molecular weight excluding hydrogens is 334 g/mol. The van der Waals surface area contributed by atoms with Gasteiger partial charge in [-0.15, -0.1) is 0 Å². The lowest BCUT2D eigenvalue weighted by Gasteiger charge is -2.06. The van der Waals surface area contributed by atoms with Crippen molar-refractivity contribution in [1.82, 2.24) is 5.32 Å². The quantitative estimate of drug-likeness (QED) is 0.304. The minimum atomic E-state index is 0.161. The molecular formula is C24H41NO2.